The van der Waals surface area contributed by atoms with Gasteiger partial charge in [-0.05, 0) is 13.8 Å². The van der Waals surface area contributed by atoms with Crippen LogP contribution in [-0.2, 0) is 28.7 Å². The van der Waals surface area contributed by atoms with Crippen LogP contribution < -0.4 is 0 Å². The molecule has 0 spiro atoms. The summed E-state index contributed by atoms with van der Waals surface area (Å²) in [5.74, 6) is -6.94. The van der Waals surface area contributed by atoms with Crippen LogP contribution in [-0.4, -0.2) is 68.3 Å². The van der Waals surface area contributed by atoms with Crippen molar-refractivity contribution >= 4 is 46.1 Å². The average molecular weight is 399 g/mol. The highest BCUT2D eigenvalue weighted by molar-refractivity contribution is 8.93. The molecule has 132 valence electrons. The molecule has 0 aromatic carbocycles. The number of ether oxygens (including phenoxy) is 1. The lowest BCUT2D eigenvalue weighted by molar-refractivity contribution is -0.218. The van der Waals surface area contributed by atoms with Gasteiger partial charge in [-0.3, -0.25) is 24.0 Å². The highest BCUT2D eigenvalue weighted by Gasteiger charge is 2.69. The summed E-state index contributed by atoms with van der Waals surface area (Å²) >= 11 is 0. The molecule has 0 amide bonds. The van der Waals surface area contributed by atoms with Gasteiger partial charge in [0, 0.05) is 13.8 Å². The molecule has 0 rings (SSSR count). The maximum Gasteiger partial charge on any atom is 0.304 e. The standard InChI is InChI=1S/C13H18O9.BrH/c1-6(15)11(20)13(8(3)17,22-9(4)18)12(21,7(2)16)10(19)5-14;/h10,14,19,21H,5H2,1-4H3;1H/t10?,12?,13-;/m0./s1. The van der Waals surface area contributed by atoms with Crippen LogP contribution >= 0.6 is 17.0 Å². The molecule has 0 heterocycles. The number of ketones is 4. The summed E-state index contributed by atoms with van der Waals surface area (Å²) in [6, 6.07) is 0. The van der Waals surface area contributed by atoms with Crippen molar-refractivity contribution in [2.75, 3.05) is 6.61 Å². The Bertz CT molecular complexity index is 530. The number of Topliss-reactive ketones (excluding diaryl/α,β-unsaturated/α-hetero) is 4. The topological polar surface area (TPSA) is 155 Å². The van der Waals surface area contributed by atoms with Crippen molar-refractivity contribution in [2.24, 2.45) is 0 Å². The summed E-state index contributed by atoms with van der Waals surface area (Å²) in [6.45, 7) is 1.67. The first-order valence-electron chi connectivity index (χ1n) is 6.17. The summed E-state index contributed by atoms with van der Waals surface area (Å²) in [5.41, 5.74) is -6.60. The van der Waals surface area contributed by atoms with E-state index < -0.39 is 53.0 Å². The van der Waals surface area contributed by atoms with Crippen molar-refractivity contribution in [3.63, 3.8) is 0 Å². The van der Waals surface area contributed by atoms with E-state index in [2.05, 4.69) is 4.74 Å². The second kappa shape index (κ2) is 8.39. The predicted octanol–water partition coefficient (Wildman–Crippen LogP) is -1.71. The van der Waals surface area contributed by atoms with Gasteiger partial charge in [0.1, 0.15) is 6.10 Å². The number of hydrogen-bond donors (Lipinski definition) is 3. The van der Waals surface area contributed by atoms with Gasteiger partial charge in [0.2, 0.25) is 5.60 Å². The van der Waals surface area contributed by atoms with Gasteiger partial charge in [0.25, 0.3) is 11.4 Å². The number of carbonyl (C=O) groups is 5. The van der Waals surface area contributed by atoms with Crippen LogP contribution in [0.2, 0.25) is 0 Å². The molecule has 0 aromatic heterocycles. The largest absolute Gasteiger partial charge is 0.439 e. The Morgan fingerprint density at radius 1 is 1.00 bits per heavy atom. The summed E-state index contributed by atoms with van der Waals surface area (Å²) in [4.78, 5) is 58.6. The molecule has 10 heteroatoms. The van der Waals surface area contributed by atoms with E-state index in [1.807, 2.05) is 0 Å². The number of rotatable bonds is 8. The third-order valence-corrected chi connectivity index (χ3v) is 3.16. The average Bonchev–Trinajstić information content (AvgIpc) is 2.40. The molecule has 23 heavy (non-hydrogen) atoms. The number of hydrogen-bond acceptors (Lipinski definition) is 9. The van der Waals surface area contributed by atoms with Crippen molar-refractivity contribution in [1.82, 2.24) is 0 Å². The fourth-order valence-corrected chi connectivity index (χ4v) is 2.11. The molecular formula is C13H19BrO9. The zero-order valence-electron chi connectivity index (χ0n) is 13.0. The quantitative estimate of drug-likeness (QED) is 0.246. The molecule has 0 saturated carbocycles. The van der Waals surface area contributed by atoms with E-state index in [1.165, 1.54) is 0 Å². The second-order valence-corrected chi connectivity index (χ2v) is 4.74. The van der Waals surface area contributed by atoms with Crippen LogP contribution in [0, 0.1) is 0 Å². The molecule has 3 N–H and O–H groups in total. The van der Waals surface area contributed by atoms with Crippen LogP contribution in [0.1, 0.15) is 27.7 Å². The first-order valence-corrected chi connectivity index (χ1v) is 6.17. The van der Waals surface area contributed by atoms with Crippen LogP contribution in [0.4, 0.5) is 0 Å². The zero-order chi connectivity index (χ0) is 17.9. The van der Waals surface area contributed by atoms with Crippen molar-refractivity contribution in [2.45, 2.75) is 45.0 Å². The van der Waals surface area contributed by atoms with Crippen LogP contribution in [0.5, 0.6) is 0 Å². The smallest absolute Gasteiger partial charge is 0.304 e. The molecule has 0 aliphatic carbocycles. The Balaban J connectivity index is 0. The molecule has 0 bridgehead atoms. The molecule has 0 aromatic rings. The molecule has 0 aliphatic heterocycles. The molecule has 0 fully saturated rings. The van der Waals surface area contributed by atoms with Crippen molar-refractivity contribution in [3.05, 3.63) is 0 Å². The number of halogens is 1. The molecule has 3 atom stereocenters. The predicted molar refractivity (Wildman–Crippen MR) is 79.9 cm³/mol. The van der Waals surface area contributed by atoms with Crippen molar-refractivity contribution in [3.8, 4) is 0 Å². The maximum atomic E-state index is 12.2. The molecular weight excluding hydrogens is 380 g/mol. The Morgan fingerprint density at radius 3 is 1.65 bits per heavy atom. The van der Waals surface area contributed by atoms with E-state index in [-0.39, 0.29) is 17.0 Å². The van der Waals surface area contributed by atoms with E-state index in [4.69, 9.17) is 5.11 Å². The molecule has 9 nitrogen and oxygen atoms in total. The first-order chi connectivity index (χ1) is 9.89. The van der Waals surface area contributed by atoms with E-state index in [9.17, 15) is 34.2 Å². The Hall–Kier alpha value is -1.49. The minimum atomic E-state index is -3.32. The first kappa shape index (κ1) is 23.8. The van der Waals surface area contributed by atoms with Crippen LogP contribution in [0.3, 0.4) is 0 Å². The van der Waals surface area contributed by atoms with Gasteiger partial charge in [-0.2, -0.15) is 0 Å². The summed E-state index contributed by atoms with van der Waals surface area (Å²) < 4.78 is 4.57. The van der Waals surface area contributed by atoms with E-state index in [0.29, 0.717) is 13.8 Å². The molecule has 2 unspecified atom stereocenters. The monoisotopic (exact) mass is 398 g/mol. The van der Waals surface area contributed by atoms with Gasteiger partial charge in [-0.15, -0.1) is 17.0 Å². The Labute approximate surface area is 142 Å². The summed E-state index contributed by atoms with van der Waals surface area (Å²) in [7, 11) is 0. The SMILES string of the molecule is Br.CC(=O)O[C@@](C(C)=O)(C(=O)C(C)=O)C(O)(C(C)=O)C(O)CO. The maximum absolute atomic E-state index is 12.2. The van der Waals surface area contributed by atoms with Gasteiger partial charge >= 0.3 is 5.97 Å². The molecule has 0 radical (unpaired) electrons. The van der Waals surface area contributed by atoms with Crippen LogP contribution in [0.15, 0.2) is 0 Å². The van der Waals surface area contributed by atoms with Crippen LogP contribution in [0.25, 0.3) is 0 Å². The Morgan fingerprint density at radius 2 is 1.43 bits per heavy atom. The second-order valence-electron chi connectivity index (χ2n) is 4.74. The minimum absolute atomic E-state index is 0. The van der Waals surface area contributed by atoms with Crippen molar-refractivity contribution < 1.29 is 44.0 Å². The van der Waals surface area contributed by atoms with E-state index in [1.54, 1.807) is 0 Å². The van der Waals surface area contributed by atoms with Gasteiger partial charge < -0.3 is 20.1 Å². The lowest BCUT2D eigenvalue weighted by atomic mass is 9.70. The van der Waals surface area contributed by atoms with Gasteiger partial charge in [-0.1, -0.05) is 0 Å². The summed E-state index contributed by atoms with van der Waals surface area (Å²) in [5, 5.41) is 29.2. The third kappa shape index (κ3) is 3.89. The summed E-state index contributed by atoms with van der Waals surface area (Å²) in [6.07, 6.45) is -2.35. The minimum Gasteiger partial charge on any atom is -0.439 e. The van der Waals surface area contributed by atoms with E-state index in [0.717, 1.165) is 13.8 Å². The normalized spacial score (nSPS) is 16.8. The number of aliphatic hydroxyl groups is 3. The number of esters is 1. The van der Waals surface area contributed by atoms with Gasteiger partial charge in [0.05, 0.1) is 6.61 Å². The highest BCUT2D eigenvalue weighted by Crippen LogP contribution is 2.34. The highest BCUT2D eigenvalue weighted by atomic mass is 79.9. The lowest BCUT2D eigenvalue weighted by Gasteiger charge is -2.42. The van der Waals surface area contributed by atoms with E-state index >= 15 is 0 Å². The van der Waals surface area contributed by atoms with Gasteiger partial charge in [0.15, 0.2) is 17.3 Å². The number of carbonyl (C=O) groups excluding carboxylic acids is 5. The molecule has 0 aliphatic rings. The van der Waals surface area contributed by atoms with Crippen molar-refractivity contribution in [1.29, 1.82) is 0 Å². The lowest BCUT2D eigenvalue weighted by Crippen LogP contribution is -2.74. The Kier molecular flexibility index (Phi) is 8.67. The van der Waals surface area contributed by atoms with Gasteiger partial charge in [-0.25, -0.2) is 0 Å². The molecule has 0 saturated heterocycles. The fraction of sp³-hybridized carbons (Fsp3) is 0.615. The number of aliphatic hydroxyl groups excluding tert-OH is 2. The fourth-order valence-electron chi connectivity index (χ4n) is 2.11. The third-order valence-electron chi connectivity index (χ3n) is 3.16. The zero-order valence-corrected chi connectivity index (χ0v) is 14.7.